The minimum Gasteiger partial charge on any atom is -0.396 e. The number of amides is 1. The van der Waals surface area contributed by atoms with E-state index >= 15 is 0 Å². The minimum atomic E-state index is -0.0470. The first kappa shape index (κ1) is 14.8. The Bertz CT molecular complexity index is 372. The highest BCUT2D eigenvalue weighted by Crippen LogP contribution is 2.14. The van der Waals surface area contributed by atoms with E-state index < -0.39 is 0 Å². The van der Waals surface area contributed by atoms with Gasteiger partial charge >= 0.3 is 0 Å². The van der Waals surface area contributed by atoms with E-state index in [2.05, 4.69) is 19.2 Å². The molecule has 1 aromatic rings. The molecular weight excluding hydrogens is 228 g/mol. The maximum atomic E-state index is 11.9. The van der Waals surface area contributed by atoms with Crippen LogP contribution in [0.3, 0.4) is 0 Å². The van der Waals surface area contributed by atoms with Gasteiger partial charge in [0.2, 0.25) is 0 Å². The van der Waals surface area contributed by atoms with Gasteiger partial charge in [-0.1, -0.05) is 13.8 Å². The van der Waals surface area contributed by atoms with Crippen LogP contribution in [0.2, 0.25) is 0 Å². The molecule has 102 valence electrons. The van der Waals surface area contributed by atoms with Crippen LogP contribution >= 0.6 is 0 Å². The molecule has 0 aliphatic heterocycles. The Kier molecular flexibility index (Phi) is 5.92. The SMILES string of the molecule is CC(C)CC(CCO)CNC(=O)c1cccn1C. The van der Waals surface area contributed by atoms with Crippen LogP contribution < -0.4 is 5.32 Å². The average molecular weight is 252 g/mol. The Hall–Kier alpha value is -1.29. The normalized spacial score (nSPS) is 12.7. The number of aliphatic hydroxyl groups excluding tert-OH is 1. The standard InChI is InChI=1S/C14H24N2O2/c1-11(2)9-12(6-8-17)10-15-14(18)13-5-4-7-16(13)3/h4-5,7,11-12,17H,6,8-10H2,1-3H3,(H,15,18). The molecule has 0 aliphatic carbocycles. The molecule has 1 rings (SSSR count). The summed E-state index contributed by atoms with van der Waals surface area (Å²) in [7, 11) is 1.86. The van der Waals surface area contributed by atoms with Crippen molar-refractivity contribution in [2.24, 2.45) is 18.9 Å². The number of aryl methyl sites for hydroxylation is 1. The maximum absolute atomic E-state index is 11.9. The quantitative estimate of drug-likeness (QED) is 0.777. The molecule has 0 saturated carbocycles. The Morgan fingerprint density at radius 1 is 1.50 bits per heavy atom. The molecule has 1 heterocycles. The molecule has 1 amide bonds. The van der Waals surface area contributed by atoms with Gasteiger partial charge in [0.25, 0.3) is 5.91 Å². The Balaban J connectivity index is 2.46. The summed E-state index contributed by atoms with van der Waals surface area (Å²) in [5.41, 5.74) is 0.669. The van der Waals surface area contributed by atoms with E-state index in [-0.39, 0.29) is 12.5 Å². The molecule has 0 bridgehead atoms. The number of aliphatic hydroxyl groups is 1. The number of nitrogens with one attached hydrogen (secondary N) is 1. The highest BCUT2D eigenvalue weighted by Gasteiger charge is 2.14. The molecule has 1 aromatic heterocycles. The fourth-order valence-electron chi connectivity index (χ4n) is 2.18. The van der Waals surface area contributed by atoms with Crippen LogP contribution in [0.15, 0.2) is 18.3 Å². The molecule has 2 N–H and O–H groups in total. The van der Waals surface area contributed by atoms with Crippen molar-refractivity contribution in [1.29, 1.82) is 0 Å². The van der Waals surface area contributed by atoms with E-state index in [1.54, 1.807) is 10.6 Å². The van der Waals surface area contributed by atoms with Crippen molar-refractivity contribution in [2.75, 3.05) is 13.2 Å². The lowest BCUT2D eigenvalue weighted by atomic mass is 9.94. The summed E-state index contributed by atoms with van der Waals surface area (Å²) < 4.78 is 1.80. The predicted octanol–water partition coefficient (Wildman–Crippen LogP) is 1.80. The van der Waals surface area contributed by atoms with E-state index in [1.807, 2.05) is 19.3 Å². The topological polar surface area (TPSA) is 54.3 Å². The lowest BCUT2D eigenvalue weighted by Crippen LogP contribution is -2.31. The molecule has 0 fully saturated rings. The third-order valence-corrected chi connectivity index (χ3v) is 3.07. The maximum Gasteiger partial charge on any atom is 0.267 e. The van der Waals surface area contributed by atoms with Crippen molar-refractivity contribution in [3.63, 3.8) is 0 Å². The van der Waals surface area contributed by atoms with Crippen molar-refractivity contribution in [2.45, 2.75) is 26.7 Å². The third-order valence-electron chi connectivity index (χ3n) is 3.07. The fraction of sp³-hybridized carbons (Fsp3) is 0.643. The summed E-state index contributed by atoms with van der Waals surface area (Å²) in [6, 6.07) is 3.66. The molecule has 0 saturated heterocycles. The van der Waals surface area contributed by atoms with Crippen LogP contribution in [0.5, 0.6) is 0 Å². The van der Waals surface area contributed by atoms with E-state index in [4.69, 9.17) is 5.11 Å². The average Bonchev–Trinajstić information content (AvgIpc) is 2.71. The lowest BCUT2D eigenvalue weighted by molar-refractivity contribution is 0.0933. The van der Waals surface area contributed by atoms with Crippen LogP contribution in [-0.2, 0) is 7.05 Å². The second kappa shape index (κ2) is 7.21. The summed E-state index contributed by atoms with van der Waals surface area (Å²) in [5, 5.41) is 12.0. The van der Waals surface area contributed by atoms with Gasteiger partial charge in [-0.3, -0.25) is 4.79 Å². The molecule has 1 unspecified atom stereocenters. The van der Waals surface area contributed by atoms with Gasteiger partial charge in [-0.25, -0.2) is 0 Å². The number of carbonyl (C=O) groups excluding carboxylic acids is 1. The van der Waals surface area contributed by atoms with E-state index in [0.29, 0.717) is 24.1 Å². The molecule has 18 heavy (non-hydrogen) atoms. The Morgan fingerprint density at radius 3 is 2.72 bits per heavy atom. The smallest absolute Gasteiger partial charge is 0.267 e. The molecule has 4 nitrogen and oxygen atoms in total. The summed E-state index contributed by atoms with van der Waals surface area (Å²) >= 11 is 0. The number of hydrogen-bond acceptors (Lipinski definition) is 2. The Morgan fingerprint density at radius 2 is 2.22 bits per heavy atom. The van der Waals surface area contributed by atoms with Crippen molar-refractivity contribution in [3.8, 4) is 0 Å². The molecule has 4 heteroatoms. The second-order valence-corrected chi connectivity index (χ2v) is 5.22. The first-order chi connectivity index (χ1) is 8.54. The van der Waals surface area contributed by atoms with E-state index in [0.717, 1.165) is 12.8 Å². The molecule has 1 atom stereocenters. The first-order valence-electron chi connectivity index (χ1n) is 6.55. The van der Waals surface area contributed by atoms with Gasteiger partial charge in [-0.2, -0.15) is 0 Å². The fourth-order valence-corrected chi connectivity index (χ4v) is 2.18. The van der Waals surface area contributed by atoms with Crippen LogP contribution in [0.1, 0.15) is 37.2 Å². The summed E-state index contributed by atoms with van der Waals surface area (Å²) in [5.74, 6) is 0.877. The van der Waals surface area contributed by atoms with E-state index in [1.165, 1.54) is 0 Å². The van der Waals surface area contributed by atoms with Crippen molar-refractivity contribution in [1.82, 2.24) is 9.88 Å². The minimum absolute atomic E-state index is 0.0470. The second-order valence-electron chi connectivity index (χ2n) is 5.22. The van der Waals surface area contributed by atoms with Gasteiger partial charge in [0.15, 0.2) is 0 Å². The monoisotopic (exact) mass is 252 g/mol. The van der Waals surface area contributed by atoms with Gasteiger partial charge in [0.05, 0.1) is 0 Å². The van der Waals surface area contributed by atoms with Crippen LogP contribution in [0, 0.1) is 11.8 Å². The van der Waals surface area contributed by atoms with Gasteiger partial charge < -0.3 is 15.0 Å². The molecular formula is C14H24N2O2. The number of carbonyl (C=O) groups is 1. The highest BCUT2D eigenvalue weighted by atomic mass is 16.3. The zero-order valence-corrected chi connectivity index (χ0v) is 11.5. The number of aromatic nitrogens is 1. The van der Waals surface area contributed by atoms with Crippen LogP contribution in [-0.4, -0.2) is 28.7 Å². The zero-order chi connectivity index (χ0) is 13.5. The van der Waals surface area contributed by atoms with Gasteiger partial charge in [0, 0.05) is 26.4 Å². The van der Waals surface area contributed by atoms with Gasteiger partial charge in [-0.05, 0) is 36.8 Å². The third kappa shape index (κ3) is 4.53. The van der Waals surface area contributed by atoms with Gasteiger partial charge in [0.1, 0.15) is 5.69 Å². The molecule has 0 aliphatic rings. The summed E-state index contributed by atoms with van der Waals surface area (Å²) in [6.45, 7) is 5.12. The van der Waals surface area contributed by atoms with Crippen molar-refractivity contribution in [3.05, 3.63) is 24.0 Å². The van der Waals surface area contributed by atoms with Crippen LogP contribution in [0.4, 0.5) is 0 Å². The number of nitrogens with zero attached hydrogens (tertiary/aromatic N) is 1. The zero-order valence-electron chi connectivity index (χ0n) is 11.5. The lowest BCUT2D eigenvalue weighted by Gasteiger charge is -2.18. The van der Waals surface area contributed by atoms with E-state index in [9.17, 15) is 4.79 Å². The first-order valence-corrected chi connectivity index (χ1v) is 6.55. The Labute approximate surface area is 109 Å². The molecule has 0 radical (unpaired) electrons. The summed E-state index contributed by atoms with van der Waals surface area (Å²) in [4.78, 5) is 11.9. The number of rotatable bonds is 7. The highest BCUT2D eigenvalue weighted by molar-refractivity contribution is 5.92. The number of hydrogen-bond donors (Lipinski definition) is 2. The summed E-state index contributed by atoms with van der Waals surface area (Å²) in [6.07, 6.45) is 3.62. The largest absolute Gasteiger partial charge is 0.396 e. The van der Waals surface area contributed by atoms with Gasteiger partial charge in [-0.15, -0.1) is 0 Å². The van der Waals surface area contributed by atoms with Crippen LogP contribution in [0.25, 0.3) is 0 Å². The molecule has 0 aromatic carbocycles. The van der Waals surface area contributed by atoms with Crippen molar-refractivity contribution < 1.29 is 9.90 Å². The van der Waals surface area contributed by atoms with Crippen molar-refractivity contribution >= 4 is 5.91 Å². The predicted molar refractivity (Wildman–Crippen MR) is 72.4 cm³/mol. The molecule has 0 spiro atoms.